The molecule has 1 aromatic carbocycles. The van der Waals surface area contributed by atoms with Gasteiger partial charge in [-0.25, -0.2) is 0 Å². The van der Waals surface area contributed by atoms with Crippen LogP contribution in [0.5, 0.6) is 0 Å². The van der Waals surface area contributed by atoms with Crippen LogP contribution in [0.2, 0.25) is 0 Å². The Morgan fingerprint density at radius 1 is 1.27 bits per heavy atom. The molecule has 9 nitrogen and oxygen atoms in total. The first-order chi connectivity index (χ1) is 14.2. The van der Waals surface area contributed by atoms with Gasteiger partial charge in [-0.1, -0.05) is 18.2 Å². The number of nitrogens with two attached hydrogens (primary N) is 1. The fourth-order valence-corrected chi connectivity index (χ4v) is 2.83. The highest BCUT2D eigenvalue weighted by Crippen LogP contribution is 2.18. The molecular weight excluding hydrogens is 386 g/mol. The van der Waals surface area contributed by atoms with Crippen LogP contribution < -0.4 is 11.1 Å². The standard InChI is InChI=1S/C21H27N5O4/c1-26(2)20(24)13-6-8-14(9-7-13)21(29)25-16(11-18(27)28)12-30-17-5-3-4-15(10-17)19(22)23/h3,5-10,15-16,24H,4,11-12H2,1-2H3,(H3,22,23)(H,25,29)(H,27,28)/t15?,16-/m1/s1. The van der Waals surface area contributed by atoms with Gasteiger partial charge in [0.2, 0.25) is 0 Å². The quantitative estimate of drug-likeness (QED) is 0.306. The maximum atomic E-state index is 12.5. The molecule has 1 aliphatic carbocycles. The van der Waals surface area contributed by atoms with Crippen molar-refractivity contribution in [2.75, 3.05) is 20.7 Å². The number of hydrogen-bond donors (Lipinski definition) is 5. The van der Waals surface area contributed by atoms with Gasteiger partial charge in [0.25, 0.3) is 5.91 Å². The van der Waals surface area contributed by atoms with Gasteiger partial charge < -0.3 is 25.8 Å². The summed E-state index contributed by atoms with van der Waals surface area (Å²) in [7, 11) is 3.52. The van der Waals surface area contributed by atoms with E-state index in [1.54, 1.807) is 55.4 Å². The minimum absolute atomic E-state index is 0.0293. The van der Waals surface area contributed by atoms with E-state index < -0.39 is 17.9 Å². The summed E-state index contributed by atoms with van der Waals surface area (Å²) in [6.07, 6.45) is 5.58. The van der Waals surface area contributed by atoms with E-state index >= 15 is 0 Å². The number of carbonyl (C=O) groups is 2. The lowest BCUT2D eigenvalue weighted by atomic mass is 9.99. The second kappa shape index (κ2) is 10.2. The topological polar surface area (TPSA) is 153 Å². The molecule has 1 aromatic rings. The van der Waals surface area contributed by atoms with Gasteiger partial charge in [0.15, 0.2) is 0 Å². The zero-order valence-electron chi connectivity index (χ0n) is 17.0. The number of allylic oxidation sites excluding steroid dienone is 2. The fraction of sp³-hybridized carbons (Fsp3) is 0.333. The van der Waals surface area contributed by atoms with Crippen LogP contribution >= 0.6 is 0 Å². The van der Waals surface area contributed by atoms with E-state index in [-0.39, 0.29) is 24.8 Å². The third kappa shape index (κ3) is 6.47. The molecule has 6 N–H and O–H groups in total. The first kappa shape index (κ1) is 22.7. The summed E-state index contributed by atoms with van der Waals surface area (Å²) >= 11 is 0. The summed E-state index contributed by atoms with van der Waals surface area (Å²) in [5.41, 5.74) is 6.55. The van der Waals surface area contributed by atoms with Crippen molar-refractivity contribution in [2.45, 2.75) is 18.9 Å². The number of benzene rings is 1. The highest BCUT2D eigenvalue weighted by molar-refractivity contribution is 5.98. The van der Waals surface area contributed by atoms with Gasteiger partial charge in [-0.05, 0) is 30.7 Å². The Balaban J connectivity index is 2.02. The maximum absolute atomic E-state index is 12.5. The largest absolute Gasteiger partial charge is 0.492 e. The molecule has 0 fully saturated rings. The third-order valence-electron chi connectivity index (χ3n) is 4.51. The van der Waals surface area contributed by atoms with E-state index in [9.17, 15) is 9.59 Å². The molecule has 1 unspecified atom stereocenters. The average Bonchev–Trinajstić information content (AvgIpc) is 2.71. The molecule has 1 aliphatic rings. The molecule has 2 atom stereocenters. The van der Waals surface area contributed by atoms with E-state index in [4.69, 9.17) is 26.4 Å². The number of amidine groups is 2. The van der Waals surface area contributed by atoms with Crippen molar-refractivity contribution >= 4 is 23.5 Å². The summed E-state index contributed by atoms with van der Waals surface area (Å²) in [4.78, 5) is 25.4. The second-order valence-electron chi connectivity index (χ2n) is 7.17. The molecule has 0 saturated carbocycles. The molecule has 2 rings (SSSR count). The Morgan fingerprint density at radius 3 is 2.47 bits per heavy atom. The lowest BCUT2D eigenvalue weighted by Crippen LogP contribution is -2.39. The predicted octanol–water partition coefficient (Wildman–Crippen LogP) is 1.56. The molecule has 160 valence electrons. The molecule has 1 amide bonds. The summed E-state index contributed by atoms with van der Waals surface area (Å²) < 4.78 is 5.65. The minimum Gasteiger partial charge on any atom is -0.492 e. The van der Waals surface area contributed by atoms with Gasteiger partial charge in [-0.2, -0.15) is 0 Å². The summed E-state index contributed by atoms with van der Waals surface area (Å²) in [5, 5.41) is 27.3. The number of carboxylic acids is 1. The van der Waals surface area contributed by atoms with E-state index in [2.05, 4.69) is 5.32 Å². The van der Waals surface area contributed by atoms with Gasteiger partial charge in [0.1, 0.15) is 18.2 Å². The Bertz CT molecular complexity index is 874. The molecule has 9 heteroatoms. The zero-order chi connectivity index (χ0) is 22.3. The Hall–Kier alpha value is -3.62. The summed E-state index contributed by atoms with van der Waals surface area (Å²) in [5.74, 6) is -0.913. The number of nitrogens with zero attached hydrogens (tertiary/aromatic N) is 1. The highest BCUT2D eigenvalue weighted by Gasteiger charge is 2.20. The van der Waals surface area contributed by atoms with Crippen molar-refractivity contribution in [3.05, 3.63) is 59.4 Å². The first-order valence-corrected chi connectivity index (χ1v) is 9.41. The van der Waals surface area contributed by atoms with E-state index in [1.807, 2.05) is 6.08 Å². The third-order valence-corrected chi connectivity index (χ3v) is 4.51. The first-order valence-electron chi connectivity index (χ1n) is 9.41. The predicted molar refractivity (Wildman–Crippen MR) is 114 cm³/mol. The van der Waals surface area contributed by atoms with Crippen molar-refractivity contribution in [3.63, 3.8) is 0 Å². The number of rotatable bonds is 9. The van der Waals surface area contributed by atoms with Crippen LogP contribution in [0.4, 0.5) is 0 Å². The minimum atomic E-state index is -1.06. The molecule has 0 radical (unpaired) electrons. The number of carboxylic acid groups (broad SMARTS) is 1. The molecule has 30 heavy (non-hydrogen) atoms. The lowest BCUT2D eigenvalue weighted by molar-refractivity contribution is -0.137. The summed E-state index contributed by atoms with van der Waals surface area (Å²) in [6, 6.07) is 5.76. The van der Waals surface area contributed by atoms with Gasteiger partial charge in [0, 0.05) is 31.1 Å². The zero-order valence-corrected chi connectivity index (χ0v) is 17.0. The number of carbonyl (C=O) groups excluding carboxylic acids is 1. The molecule has 0 aliphatic heterocycles. The summed E-state index contributed by atoms with van der Waals surface area (Å²) in [6.45, 7) is -0.0395. The maximum Gasteiger partial charge on any atom is 0.305 e. The smallest absolute Gasteiger partial charge is 0.305 e. The Kier molecular flexibility index (Phi) is 7.74. The normalized spacial score (nSPS) is 16.2. The number of amides is 1. The number of aliphatic carboxylic acids is 1. The van der Waals surface area contributed by atoms with Crippen molar-refractivity contribution in [2.24, 2.45) is 11.7 Å². The molecular formula is C21H27N5O4. The van der Waals surface area contributed by atoms with Gasteiger partial charge in [-0.15, -0.1) is 0 Å². The van der Waals surface area contributed by atoms with E-state index in [0.717, 1.165) is 0 Å². The number of ether oxygens (including phenoxy) is 1. The van der Waals surface area contributed by atoms with Crippen LogP contribution in [0.25, 0.3) is 0 Å². The Labute approximate surface area is 175 Å². The van der Waals surface area contributed by atoms with Crippen LogP contribution in [-0.4, -0.2) is 60.3 Å². The van der Waals surface area contributed by atoms with E-state index in [0.29, 0.717) is 29.1 Å². The molecule has 0 bridgehead atoms. The number of nitrogens with one attached hydrogen (secondary N) is 3. The monoisotopic (exact) mass is 413 g/mol. The molecule has 0 heterocycles. The number of hydrogen-bond acceptors (Lipinski definition) is 5. The van der Waals surface area contributed by atoms with Crippen LogP contribution in [0.15, 0.2) is 48.3 Å². The van der Waals surface area contributed by atoms with Crippen molar-refractivity contribution in [1.82, 2.24) is 10.2 Å². The second-order valence-corrected chi connectivity index (χ2v) is 7.17. The van der Waals surface area contributed by atoms with Crippen LogP contribution in [-0.2, 0) is 9.53 Å². The fourth-order valence-electron chi connectivity index (χ4n) is 2.83. The van der Waals surface area contributed by atoms with Gasteiger partial charge in [-0.3, -0.25) is 20.4 Å². The van der Waals surface area contributed by atoms with Gasteiger partial charge >= 0.3 is 5.97 Å². The lowest BCUT2D eigenvalue weighted by Gasteiger charge is -2.21. The average molecular weight is 413 g/mol. The molecule has 0 aromatic heterocycles. The van der Waals surface area contributed by atoms with Crippen LogP contribution in [0.3, 0.4) is 0 Å². The van der Waals surface area contributed by atoms with Crippen molar-refractivity contribution in [3.8, 4) is 0 Å². The van der Waals surface area contributed by atoms with Crippen LogP contribution in [0.1, 0.15) is 28.8 Å². The van der Waals surface area contributed by atoms with Crippen molar-refractivity contribution in [1.29, 1.82) is 10.8 Å². The highest BCUT2D eigenvalue weighted by atomic mass is 16.5. The Morgan fingerprint density at radius 2 is 1.90 bits per heavy atom. The molecule has 0 saturated heterocycles. The SMILES string of the molecule is CN(C)C(=N)c1ccc(C(=O)N[C@@H](COC2=CC(C(=N)N)CC=C2)CC(=O)O)cc1. The van der Waals surface area contributed by atoms with Gasteiger partial charge in [0.05, 0.1) is 18.3 Å². The molecule has 0 spiro atoms. The van der Waals surface area contributed by atoms with Crippen molar-refractivity contribution < 1.29 is 19.4 Å². The van der Waals surface area contributed by atoms with E-state index in [1.165, 1.54) is 0 Å². The van der Waals surface area contributed by atoms with Crippen LogP contribution in [0, 0.1) is 16.7 Å².